The van der Waals surface area contributed by atoms with Gasteiger partial charge in [-0.1, -0.05) is 0 Å². The Labute approximate surface area is 108 Å². The van der Waals surface area contributed by atoms with Crippen molar-refractivity contribution < 1.29 is 14.2 Å². The standard InChI is InChI=1S/C14H23NO3/c1-2-16-13-17-10-6-14(7-11(10)18-13)9-4-3-8(5-9)12(14)15/h8-13H,2-7,15H2,1H3/t8-,9+,10-,11?,12+,13-,14-/m0/s1. The van der Waals surface area contributed by atoms with Gasteiger partial charge < -0.3 is 19.9 Å². The van der Waals surface area contributed by atoms with E-state index in [1.54, 1.807) is 0 Å². The van der Waals surface area contributed by atoms with Crippen molar-refractivity contribution in [1.29, 1.82) is 0 Å². The summed E-state index contributed by atoms with van der Waals surface area (Å²) in [5.74, 6) is 1.58. The smallest absolute Gasteiger partial charge is 0.272 e. The molecule has 4 heteroatoms. The van der Waals surface area contributed by atoms with Crippen molar-refractivity contribution in [2.45, 2.75) is 63.8 Å². The Bertz CT molecular complexity index is 330. The summed E-state index contributed by atoms with van der Waals surface area (Å²) in [6.07, 6.45) is 6.65. The highest BCUT2D eigenvalue weighted by Gasteiger charge is 2.63. The maximum atomic E-state index is 6.51. The van der Waals surface area contributed by atoms with E-state index in [0.717, 1.165) is 24.7 Å². The van der Waals surface area contributed by atoms with Crippen molar-refractivity contribution in [2.75, 3.05) is 6.61 Å². The second kappa shape index (κ2) is 3.92. The predicted molar refractivity (Wildman–Crippen MR) is 65.6 cm³/mol. The molecule has 3 saturated carbocycles. The van der Waals surface area contributed by atoms with Crippen LogP contribution in [0.25, 0.3) is 0 Å². The molecule has 4 aliphatic rings. The van der Waals surface area contributed by atoms with Crippen LogP contribution >= 0.6 is 0 Å². The van der Waals surface area contributed by atoms with Crippen LogP contribution in [0.5, 0.6) is 0 Å². The molecule has 1 saturated heterocycles. The first-order chi connectivity index (χ1) is 8.73. The van der Waals surface area contributed by atoms with E-state index in [-0.39, 0.29) is 12.2 Å². The van der Waals surface area contributed by atoms with Crippen LogP contribution in [0, 0.1) is 17.3 Å². The zero-order valence-electron chi connectivity index (χ0n) is 11.0. The van der Waals surface area contributed by atoms with Gasteiger partial charge in [-0.05, 0) is 56.3 Å². The first-order valence-electron chi connectivity index (χ1n) is 7.41. The number of rotatable bonds is 2. The van der Waals surface area contributed by atoms with Gasteiger partial charge in [-0.25, -0.2) is 0 Å². The minimum Gasteiger partial charge on any atom is -0.330 e. The van der Waals surface area contributed by atoms with Crippen LogP contribution in [-0.2, 0) is 14.2 Å². The van der Waals surface area contributed by atoms with Crippen molar-refractivity contribution >= 4 is 0 Å². The number of hydrogen-bond donors (Lipinski definition) is 1. The third-order valence-electron chi connectivity index (χ3n) is 5.91. The van der Waals surface area contributed by atoms with Gasteiger partial charge in [0.15, 0.2) is 0 Å². The largest absolute Gasteiger partial charge is 0.330 e. The highest BCUT2D eigenvalue weighted by molar-refractivity contribution is 5.14. The summed E-state index contributed by atoms with van der Waals surface area (Å²) in [6, 6.07) is 0.375. The number of fused-ring (bicyclic) bond motifs is 4. The van der Waals surface area contributed by atoms with Crippen molar-refractivity contribution in [2.24, 2.45) is 23.0 Å². The SMILES string of the molecule is CCO[C@@H]1OC2C[C@@]3(C[C@@H]2O1)[C@@H]1CC[C@@H](C1)[C@H]3N. The van der Waals surface area contributed by atoms with E-state index in [2.05, 4.69) is 0 Å². The van der Waals surface area contributed by atoms with E-state index in [1.807, 2.05) is 6.92 Å². The van der Waals surface area contributed by atoms with Crippen molar-refractivity contribution in [1.82, 2.24) is 0 Å². The zero-order valence-corrected chi connectivity index (χ0v) is 11.0. The third kappa shape index (κ3) is 1.40. The Morgan fingerprint density at radius 3 is 2.50 bits per heavy atom. The summed E-state index contributed by atoms with van der Waals surface area (Å²) >= 11 is 0. The summed E-state index contributed by atoms with van der Waals surface area (Å²) in [4.78, 5) is 0. The van der Waals surface area contributed by atoms with E-state index in [9.17, 15) is 0 Å². The monoisotopic (exact) mass is 253 g/mol. The van der Waals surface area contributed by atoms with Crippen LogP contribution in [0.4, 0.5) is 0 Å². The lowest BCUT2D eigenvalue weighted by Gasteiger charge is -2.40. The van der Waals surface area contributed by atoms with E-state index >= 15 is 0 Å². The molecule has 2 N–H and O–H groups in total. The molecule has 0 aromatic carbocycles. The van der Waals surface area contributed by atoms with E-state index in [0.29, 0.717) is 18.1 Å². The van der Waals surface area contributed by atoms with Crippen molar-refractivity contribution in [3.8, 4) is 0 Å². The van der Waals surface area contributed by atoms with Gasteiger partial charge in [-0.2, -0.15) is 0 Å². The molecule has 0 amide bonds. The Morgan fingerprint density at radius 2 is 1.94 bits per heavy atom. The maximum Gasteiger partial charge on any atom is 0.272 e. The number of nitrogens with two attached hydrogens (primary N) is 1. The molecule has 18 heavy (non-hydrogen) atoms. The highest BCUT2D eigenvalue weighted by atomic mass is 16.9. The molecule has 0 aromatic rings. The molecular weight excluding hydrogens is 230 g/mol. The zero-order chi connectivity index (χ0) is 12.3. The second-order valence-corrected chi connectivity index (χ2v) is 6.53. The summed E-state index contributed by atoms with van der Waals surface area (Å²) < 4.78 is 17.1. The lowest BCUT2D eigenvalue weighted by Crippen LogP contribution is -2.45. The predicted octanol–water partition coefficient (Wildman–Crippen LogP) is 1.63. The number of hydrogen-bond acceptors (Lipinski definition) is 4. The molecule has 1 aliphatic heterocycles. The minimum atomic E-state index is -0.433. The normalized spacial score (nSPS) is 57.7. The van der Waals surface area contributed by atoms with Crippen molar-refractivity contribution in [3.63, 3.8) is 0 Å². The fourth-order valence-electron chi connectivity index (χ4n) is 5.11. The second-order valence-electron chi connectivity index (χ2n) is 6.53. The molecule has 4 fully saturated rings. The van der Waals surface area contributed by atoms with E-state index < -0.39 is 6.48 Å². The van der Waals surface area contributed by atoms with Crippen LogP contribution in [0.3, 0.4) is 0 Å². The van der Waals surface area contributed by atoms with Gasteiger partial charge in [0.1, 0.15) is 0 Å². The highest BCUT2D eigenvalue weighted by Crippen LogP contribution is 2.63. The van der Waals surface area contributed by atoms with Gasteiger partial charge in [-0.15, -0.1) is 0 Å². The van der Waals surface area contributed by atoms with Crippen LogP contribution in [0.15, 0.2) is 0 Å². The first kappa shape index (κ1) is 11.6. The van der Waals surface area contributed by atoms with Gasteiger partial charge in [-0.3, -0.25) is 0 Å². The molecule has 1 heterocycles. The topological polar surface area (TPSA) is 53.7 Å². The Hall–Kier alpha value is -0.160. The molecule has 102 valence electrons. The summed E-state index contributed by atoms with van der Waals surface area (Å²) in [5.41, 5.74) is 6.83. The first-order valence-corrected chi connectivity index (χ1v) is 7.41. The summed E-state index contributed by atoms with van der Waals surface area (Å²) in [7, 11) is 0. The fraction of sp³-hybridized carbons (Fsp3) is 1.00. The van der Waals surface area contributed by atoms with Crippen molar-refractivity contribution in [3.05, 3.63) is 0 Å². The Morgan fingerprint density at radius 1 is 1.22 bits per heavy atom. The van der Waals surface area contributed by atoms with Gasteiger partial charge in [0, 0.05) is 12.6 Å². The minimum absolute atomic E-state index is 0.215. The average Bonchev–Trinajstić information content (AvgIpc) is 3.02. The Balaban J connectivity index is 1.50. The van der Waals surface area contributed by atoms with Crippen LogP contribution in [0.1, 0.15) is 39.0 Å². The van der Waals surface area contributed by atoms with Gasteiger partial charge in [0.25, 0.3) is 6.48 Å². The molecule has 7 atom stereocenters. The molecule has 3 aliphatic carbocycles. The molecule has 2 bridgehead atoms. The summed E-state index contributed by atoms with van der Waals surface area (Å²) in [5, 5.41) is 0. The quantitative estimate of drug-likeness (QED) is 0.812. The molecule has 1 spiro atoms. The molecule has 1 unspecified atom stereocenters. The Kier molecular flexibility index (Phi) is 2.54. The van der Waals surface area contributed by atoms with Gasteiger partial charge >= 0.3 is 0 Å². The number of ether oxygens (including phenoxy) is 3. The van der Waals surface area contributed by atoms with Gasteiger partial charge in [0.05, 0.1) is 12.2 Å². The molecule has 4 rings (SSSR count). The lowest BCUT2D eigenvalue weighted by molar-refractivity contribution is -0.247. The fourth-order valence-corrected chi connectivity index (χ4v) is 5.11. The van der Waals surface area contributed by atoms with Crippen LogP contribution in [-0.4, -0.2) is 31.3 Å². The summed E-state index contributed by atoms with van der Waals surface area (Å²) in [6.45, 7) is 2.17. The maximum absolute atomic E-state index is 6.51. The van der Waals surface area contributed by atoms with Gasteiger partial charge in [0.2, 0.25) is 0 Å². The lowest BCUT2D eigenvalue weighted by atomic mass is 9.69. The third-order valence-corrected chi connectivity index (χ3v) is 5.91. The molecule has 4 nitrogen and oxygen atoms in total. The molecule has 0 radical (unpaired) electrons. The molecular formula is C14H23NO3. The average molecular weight is 253 g/mol. The van der Waals surface area contributed by atoms with Crippen LogP contribution < -0.4 is 5.73 Å². The van der Waals surface area contributed by atoms with Crippen LogP contribution in [0.2, 0.25) is 0 Å². The van der Waals surface area contributed by atoms with E-state index in [1.165, 1.54) is 19.3 Å². The molecule has 0 aromatic heterocycles. The van der Waals surface area contributed by atoms with E-state index in [4.69, 9.17) is 19.9 Å².